The maximum absolute atomic E-state index is 12.9. The Kier molecular flexibility index (Phi) is 5.43. The molecule has 138 valence electrons. The predicted octanol–water partition coefficient (Wildman–Crippen LogP) is 3.27. The SMILES string of the molecule is CC(C)(C)NC(=O)C1CSCN1C(=O)c1cc(-c2ccc(Br)cc2)n[nH]1. The zero-order chi connectivity index (χ0) is 18.9. The van der Waals surface area contributed by atoms with Crippen LogP contribution in [0.15, 0.2) is 34.8 Å². The lowest BCUT2D eigenvalue weighted by Crippen LogP contribution is -2.52. The minimum atomic E-state index is -0.467. The third-order valence-electron chi connectivity index (χ3n) is 3.89. The van der Waals surface area contributed by atoms with Crippen molar-refractivity contribution in [1.29, 1.82) is 0 Å². The smallest absolute Gasteiger partial charge is 0.273 e. The molecule has 1 unspecified atom stereocenters. The van der Waals surface area contributed by atoms with Crippen LogP contribution < -0.4 is 5.32 Å². The van der Waals surface area contributed by atoms with Gasteiger partial charge in [-0.15, -0.1) is 11.8 Å². The van der Waals surface area contributed by atoms with E-state index in [0.29, 0.717) is 23.0 Å². The van der Waals surface area contributed by atoms with Crippen LogP contribution in [0.2, 0.25) is 0 Å². The minimum Gasteiger partial charge on any atom is -0.350 e. The molecule has 2 heterocycles. The fraction of sp³-hybridized carbons (Fsp3) is 0.389. The molecule has 2 N–H and O–H groups in total. The topological polar surface area (TPSA) is 78.1 Å². The monoisotopic (exact) mass is 436 g/mol. The van der Waals surface area contributed by atoms with E-state index < -0.39 is 6.04 Å². The molecule has 0 radical (unpaired) electrons. The van der Waals surface area contributed by atoms with E-state index in [1.165, 1.54) is 0 Å². The number of nitrogens with one attached hydrogen (secondary N) is 2. The first-order valence-electron chi connectivity index (χ1n) is 8.27. The van der Waals surface area contributed by atoms with E-state index in [4.69, 9.17) is 0 Å². The van der Waals surface area contributed by atoms with E-state index in [-0.39, 0.29) is 17.4 Å². The summed E-state index contributed by atoms with van der Waals surface area (Å²) in [6.07, 6.45) is 0. The van der Waals surface area contributed by atoms with Gasteiger partial charge in [-0.05, 0) is 39.0 Å². The Bertz CT molecular complexity index is 813. The van der Waals surface area contributed by atoms with Crippen molar-refractivity contribution in [3.63, 3.8) is 0 Å². The summed E-state index contributed by atoms with van der Waals surface area (Å²) in [6.45, 7) is 5.79. The van der Waals surface area contributed by atoms with Crippen LogP contribution >= 0.6 is 27.7 Å². The summed E-state index contributed by atoms with van der Waals surface area (Å²) in [5.74, 6) is 0.762. The highest BCUT2D eigenvalue weighted by Gasteiger charge is 2.36. The number of halogens is 1. The highest BCUT2D eigenvalue weighted by Crippen LogP contribution is 2.25. The first-order chi connectivity index (χ1) is 12.2. The second kappa shape index (κ2) is 7.44. The lowest BCUT2D eigenvalue weighted by molar-refractivity contribution is -0.125. The molecule has 8 heteroatoms. The summed E-state index contributed by atoms with van der Waals surface area (Å²) in [5.41, 5.74) is 1.67. The molecule has 0 aliphatic carbocycles. The standard InChI is InChI=1S/C18H21BrN4O2S/c1-18(2,3)20-16(24)15-9-26-10-23(15)17(25)14-8-13(21-22-14)11-4-6-12(19)7-5-11/h4-8,15H,9-10H2,1-3H3,(H,20,24)(H,21,22). The summed E-state index contributed by atoms with van der Waals surface area (Å²) in [4.78, 5) is 27.0. The van der Waals surface area contributed by atoms with Crippen molar-refractivity contribution in [2.45, 2.75) is 32.4 Å². The molecule has 0 saturated carbocycles. The molecule has 1 aliphatic heterocycles. The van der Waals surface area contributed by atoms with E-state index in [1.54, 1.807) is 22.7 Å². The number of carbonyl (C=O) groups is 2. The minimum absolute atomic E-state index is 0.122. The molecule has 0 spiro atoms. The number of thioether (sulfide) groups is 1. The van der Waals surface area contributed by atoms with Crippen molar-refractivity contribution in [2.75, 3.05) is 11.6 Å². The van der Waals surface area contributed by atoms with Crippen molar-refractivity contribution in [2.24, 2.45) is 0 Å². The van der Waals surface area contributed by atoms with Crippen LogP contribution in [0.4, 0.5) is 0 Å². The summed E-state index contributed by atoms with van der Waals surface area (Å²) in [6, 6.07) is 8.98. The molecule has 1 aromatic carbocycles. The Morgan fingerprint density at radius 1 is 1.31 bits per heavy atom. The lowest BCUT2D eigenvalue weighted by Gasteiger charge is -2.27. The van der Waals surface area contributed by atoms with Gasteiger partial charge in [-0.25, -0.2) is 0 Å². The molecule has 1 aromatic heterocycles. The number of nitrogens with zero attached hydrogens (tertiary/aromatic N) is 2. The zero-order valence-electron chi connectivity index (χ0n) is 14.9. The number of H-pyrrole nitrogens is 1. The molecular formula is C18H21BrN4O2S. The van der Waals surface area contributed by atoms with Gasteiger partial charge in [-0.2, -0.15) is 5.10 Å². The molecule has 3 rings (SSSR count). The maximum Gasteiger partial charge on any atom is 0.273 e. The summed E-state index contributed by atoms with van der Waals surface area (Å²) in [5, 5.41) is 10.0. The van der Waals surface area contributed by atoms with Crippen molar-refractivity contribution in [1.82, 2.24) is 20.4 Å². The molecular weight excluding hydrogens is 416 g/mol. The van der Waals surface area contributed by atoms with Crippen LogP contribution in [0, 0.1) is 0 Å². The van der Waals surface area contributed by atoms with E-state index in [2.05, 4.69) is 31.4 Å². The van der Waals surface area contributed by atoms with Crippen LogP contribution in [-0.2, 0) is 4.79 Å². The second-order valence-corrected chi connectivity index (χ2v) is 9.12. The highest BCUT2D eigenvalue weighted by molar-refractivity contribution is 9.10. The van der Waals surface area contributed by atoms with Crippen molar-refractivity contribution < 1.29 is 9.59 Å². The number of rotatable bonds is 3. The van der Waals surface area contributed by atoms with Crippen LogP contribution in [0.25, 0.3) is 11.3 Å². The van der Waals surface area contributed by atoms with E-state index in [9.17, 15) is 9.59 Å². The van der Waals surface area contributed by atoms with Gasteiger partial charge in [0.25, 0.3) is 5.91 Å². The maximum atomic E-state index is 12.9. The van der Waals surface area contributed by atoms with Gasteiger partial charge < -0.3 is 10.2 Å². The third kappa shape index (κ3) is 4.29. The Labute approximate surface area is 165 Å². The number of carbonyl (C=O) groups excluding carboxylic acids is 2. The Morgan fingerprint density at radius 2 is 2.00 bits per heavy atom. The number of hydrogen-bond donors (Lipinski definition) is 2. The van der Waals surface area contributed by atoms with Gasteiger partial charge in [0.1, 0.15) is 11.7 Å². The summed E-state index contributed by atoms with van der Waals surface area (Å²) in [7, 11) is 0. The van der Waals surface area contributed by atoms with Crippen LogP contribution in [0.5, 0.6) is 0 Å². The van der Waals surface area contributed by atoms with Gasteiger partial charge in [0.15, 0.2) is 0 Å². The molecule has 2 aromatic rings. The molecule has 0 bridgehead atoms. The van der Waals surface area contributed by atoms with Crippen molar-refractivity contribution in [3.8, 4) is 11.3 Å². The van der Waals surface area contributed by atoms with E-state index >= 15 is 0 Å². The number of aromatic nitrogens is 2. The average molecular weight is 437 g/mol. The van der Waals surface area contributed by atoms with Crippen LogP contribution in [0.1, 0.15) is 31.3 Å². The number of hydrogen-bond acceptors (Lipinski definition) is 4. The van der Waals surface area contributed by atoms with E-state index in [0.717, 1.165) is 10.0 Å². The highest BCUT2D eigenvalue weighted by atomic mass is 79.9. The van der Waals surface area contributed by atoms with Gasteiger partial charge in [0.05, 0.1) is 11.6 Å². The quantitative estimate of drug-likeness (QED) is 0.773. The molecule has 1 saturated heterocycles. The predicted molar refractivity (Wildman–Crippen MR) is 107 cm³/mol. The fourth-order valence-electron chi connectivity index (χ4n) is 2.67. The number of benzene rings is 1. The first kappa shape index (κ1) is 19.0. The number of aromatic amines is 1. The largest absolute Gasteiger partial charge is 0.350 e. The fourth-order valence-corrected chi connectivity index (χ4v) is 4.09. The average Bonchev–Trinajstić information content (AvgIpc) is 3.23. The van der Waals surface area contributed by atoms with Crippen LogP contribution in [-0.4, -0.2) is 50.1 Å². The molecule has 1 aliphatic rings. The number of amides is 2. The Balaban J connectivity index is 1.76. The third-order valence-corrected chi connectivity index (χ3v) is 5.43. The zero-order valence-corrected chi connectivity index (χ0v) is 17.3. The second-order valence-electron chi connectivity index (χ2n) is 7.20. The first-order valence-corrected chi connectivity index (χ1v) is 10.2. The van der Waals surface area contributed by atoms with Gasteiger partial charge in [0, 0.05) is 21.3 Å². The van der Waals surface area contributed by atoms with Gasteiger partial charge in [-0.1, -0.05) is 28.1 Å². The Hall–Kier alpha value is -1.80. The molecule has 1 atom stereocenters. The molecule has 1 fully saturated rings. The lowest BCUT2D eigenvalue weighted by atomic mass is 10.1. The van der Waals surface area contributed by atoms with Crippen molar-refractivity contribution in [3.05, 3.63) is 40.5 Å². The normalized spacial score (nSPS) is 17.4. The van der Waals surface area contributed by atoms with Gasteiger partial charge in [0.2, 0.25) is 5.91 Å². The molecule has 6 nitrogen and oxygen atoms in total. The van der Waals surface area contributed by atoms with Crippen LogP contribution in [0.3, 0.4) is 0 Å². The van der Waals surface area contributed by atoms with E-state index in [1.807, 2.05) is 45.0 Å². The van der Waals surface area contributed by atoms with Gasteiger partial charge >= 0.3 is 0 Å². The van der Waals surface area contributed by atoms with Crippen molar-refractivity contribution >= 4 is 39.5 Å². The summed E-state index contributed by atoms with van der Waals surface area (Å²) >= 11 is 4.98. The molecule has 26 heavy (non-hydrogen) atoms. The summed E-state index contributed by atoms with van der Waals surface area (Å²) < 4.78 is 0.981. The Morgan fingerprint density at radius 3 is 2.65 bits per heavy atom. The van der Waals surface area contributed by atoms with Gasteiger partial charge in [-0.3, -0.25) is 14.7 Å². The molecule has 2 amide bonds.